The highest BCUT2D eigenvalue weighted by Crippen LogP contribution is 2.29. The van der Waals surface area contributed by atoms with Gasteiger partial charge in [-0.1, -0.05) is 29.9 Å². The molecule has 0 atom stereocenters. The summed E-state index contributed by atoms with van der Waals surface area (Å²) < 4.78 is 0.773. The molecule has 2 N–H and O–H groups in total. The molecule has 2 aromatic carbocycles. The monoisotopic (exact) mass is 418 g/mol. The number of nitro groups is 1. The highest BCUT2D eigenvalue weighted by atomic mass is 35.5. The van der Waals surface area contributed by atoms with Crippen LogP contribution < -0.4 is 10.6 Å². The smallest absolute Gasteiger partial charge is 0.270 e. The van der Waals surface area contributed by atoms with Crippen LogP contribution >= 0.6 is 22.9 Å². The van der Waals surface area contributed by atoms with Crippen molar-refractivity contribution in [2.75, 3.05) is 10.6 Å². The van der Waals surface area contributed by atoms with Crippen LogP contribution in [-0.4, -0.2) is 21.7 Å². The first-order chi connectivity index (χ1) is 13.4. The Kier molecular flexibility index (Phi) is 5.86. The van der Waals surface area contributed by atoms with Gasteiger partial charge in [0.05, 0.1) is 25.7 Å². The lowest BCUT2D eigenvalue weighted by molar-refractivity contribution is -0.384. The molecule has 3 aromatic rings. The molecule has 1 heterocycles. The topological polar surface area (TPSA) is 114 Å². The molecule has 0 aliphatic heterocycles. The number of nitrogens with zero attached hydrogens (tertiary/aromatic N) is 2. The van der Waals surface area contributed by atoms with Gasteiger partial charge in [0.1, 0.15) is 0 Å². The van der Waals surface area contributed by atoms with Gasteiger partial charge in [-0.2, -0.15) is 0 Å². The summed E-state index contributed by atoms with van der Waals surface area (Å²) in [4.78, 5) is 38.8. The number of nitro benzene ring substituents is 1. The minimum absolute atomic E-state index is 0.00721. The zero-order valence-corrected chi connectivity index (χ0v) is 16.3. The fourth-order valence-electron chi connectivity index (χ4n) is 2.46. The van der Waals surface area contributed by atoms with E-state index in [4.69, 9.17) is 11.6 Å². The van der Waals surface area contributed by atoms with Crippen molar-refractivity contribution in [3.05, 3.63) is 57.1 Å². The predicted molar refractivity (Wildman–Crippen MR) is 109 cm³/mol. The molecule has 0 fully saturated rings. The van der Waals surface area contributed by atoms with E-state index in [1.807, 2.05) is 6.92 Å². The Bertz CT molecular complexity index is 1080. The predicted octanol–water partition coefficient (Wildman–Crippen LogP) is 4.85. The average molecular weight is 419 g/mol. The minimum atomic E-state index is -0.592. The Morgan fingerprint density at radius 3 is 2.71 bits per heavy atom. The van der Waals surface area contributed by atoms with Crippen LogP contribution in [0.2, 0.25) is 5.02 Å². The largest absolute Gasteiger partial charge is 0.322 e. The van der Waals surface area contributed by atoms with Gasteiger partial charge < -0.3 is 10.6 Å². The van der Waals surface area contributed by atoms with Crippen LogP contribution in [0.4, 0.5) is 16.5 Å². The molecule has 2 amide bonds. The molecule has 8 nitrogen and oxygen atoms in total. The number of fused-ring (bicyclic) bond motifs is 1. The third-order valence-electron chi connectivity index (χ3n) is 3.78. The number of carbonyl (C=O) groups is 2. The first kappa shape index (κ1) is 19.7. The van der Waals surface area contributed by atoms with Gasteiger partial charge in [0.15, 0.2) is 5.13 Å². The van der Waals surface area contributed by atoms with Gasteiger partial charge in [-0.3, -0.25) is 19.7 Å². The van der Waals surface area contributed by atoms with Crippen LogP contribution in [0.5, 0.6) is 0 Å². The van der Waals surface area contributed by atoms with Crippen molar-refractivity contribution in [2.24, 2.45) is 0 Å². The molecule has 3 rings (SSSR count). The van der Waals surface area contributed by atoms with Crippen molar-refractivity contribution in [1.29, 1.82) is 0 Å². The van der Waals surface area contributed by atoms with Crippen molar-refractivity contribution in [1.82, 2.24) is 4.98 Å². The van der Waals surface area contributed by atoms with Gasteiger partial charge in [-0.15, -0.1) is 0 Å². The molecule has 0 spiro atoms. The average Bonchev–Trinajstić information content (AvgIpc) is 3.03. The number of carbonyl (C=O) groups excluding carboxylic acids is 2. The number of hydrogen-bond donors (Lipinski definition) is 2. The molecule has 0 aliphatic carbocycles. The van der Waals surface area contributed by atoms with Gasteiger partial charge in [0, 0.05) is 24.2 Å². The maximum Gasteiger partial charge on any atom is 0.270 e. The molecule has 144 valence electrons. The van der Waals surface area contributed by atoms with Crippen LogP contribution in [0, 0.1) is 10.1 Å². The van der Waals surface area contributed by atoms with E-state index in [1.165, 1.54) is 23.5 Å². The second kappa shape index (κ2) is 8.32. The summed E-state index contributed by atoms with van der Waals surface area (Å²) in [5, 5.41) is 16.9. The van der Waals surface area contributed by atoms with E-state index in [0.717, 1.165) is 17.2 Å². The lowest BCUT2D eigenvalue weighted by Gasteiger charge is -2.06. The molecule has 0 bridgehead atoms. The van der Waals surface area contributed by atoms with E-state index >= 15 is 0 Å². The third kappa shape index (κ3) is 4.44. The summed E-state index contributed by atoms with van der Waals surface area (Å²) in [5.74, 6) is -0.663. The maximum atomic E-state index is 12.5. The number of rotatable bonds is 6. The van der Waals surface area contributed by atoms with Gasteiger partial charge in [0.25, 0.3) is 11.6 Å². The van der Waals surface area contributed by atoms with Gasteiger partial charge in [0.2, 0.25) is 5.91 Å². The molecule has 10 heteroatoms. The molecule has 1 aromatic heterocycles. The van der Waals surface area contributed by atoms with E-state index < -0.39 is 10.8 Å². The first-order valence-electron chi connectivity index (χ1n) is 8.33. The fraction of sp³-hybridized carbons (Fsp3) is 0.167. The Hall–Kier alpha value is -3.04. The Balaban J connectivity index is 1.81. The summed E-state index contributed by atoms with van der Waals surface area (Å²) in [7, 11) is 0. The quantitative estimate of drug-likeness (QED) is 0.438. The summed E-state index contributed by atoms with van der Waals surface area (Å²) in [6.07, 6.45) is 1.16. The van der Waals surface area contributed by atoms with Crippen LogP contribution in [0.1, 0.15) is 30.1 Å². The van der Waals surface area contributed by atoms with Gasteiger partial charge in [-0.05, 0) is 30.7 Å². The molecule has 0 saturated carbocycles. The SMILES string of the molecule is CCCC(=O)Nc1nc2ccc(NC(=O)c3cc([N+](=O)[O-])ccc3Cl)cc2s1. The second-order valence-electron chi connectivity index (χ2n) is 5.88. The number of hydrogen-bond acceptors (Lipinski definition) is 6. The highest BCUT2D eigenvalue weighted by molar-refractivity contribution is 7.22. The van der Waals surface area contributed by atoms with Crippen molar-refractivity contribution < 1.29 is 14.5 Å². The molecule has 0 aliphatic rings. The van der Waals surface area contributed by atoms with Crippen LogP contribution in [0.3, 0.4) is 0 Å². The lowest BCUT2D eigenvalue weighted by Crippen LogP contribution is -2.12. The van der Waals surface area contributed by atoms with Crippen molar-refractivity contribution >= 4 is 61.5 Å². The van der Waals surface area contributed by atoms with Crippen molar-refractivity contribution in [3.63, 3.8) is 0 Å². The van der Waals surface area contributed by atoms with E-state index in [-0.39, 0.29) is 22.2 Å². The normalized spacial score (nSPS) is 10.6. The van der Waals surface area contributed by atoms with E-state index in [2.05, 4.69) is 15.6 Å². The fourth-order valence-corrected chi connectivity index (χ4v) is 3.59. The summed E-state index contributed by atoms with van der Waals surface area (Å²) in [5.41, 5.74) is 0.950. The van der Waals surface area contributed by atoms with E-state index in [0.29, 0.717) is 22.8 Å². The molecule has 0 unspecified atom stereocenters. The van der Waals surface area contributed by atoms with E-state index in [9.17, 15) is 19.7 Å². The highest BCUT2D eigenvalue weighted by Gasteiger charge is 2.16. The molecule has 0 radical (unpaired) electrons. The Morgan fingerprint density at radius 1 is 1.21 bits per heavy atom. The maximum absolute atomic E-state index is 12.5. The molecule has 28 heavy (non-hydrogen) atoms. The summed E-state index contributed by atoms with van der Waals surface area (Å²) in [6.45, 7) is 1.92. The first-order valence-corrected chi connectivity index (χ1v) is 9.52. The zero-order valence-electron chi connectivity index (χ0n) is 14.7. The standard InChI is InChI=1S/C18H15ClN4O4S/c1-2-3-16(24)22-18-21-14-7-4-10(8-15(14)28-18)20-17(25)12-9-11(23(26)27)5-6-13(12)19/h4-9H,2-3H2,1H3,(H,20,25)(H,21,22,24). The second-order valence-corrected chi connectivity index (χ2v) is 7.31. The summed E-state index contributed by atoms with van der Waals surface area (Å²) >= 11 is 7.29. The minimum Gasteiger partial charge on any atom is -0.322 e. The number of amides is 2. The Morgan fingerprint density at radius 2 is 2.00 bits per heavy atom. The molecular formula is C18H15ClN4O4S. The number of benzene rings is 2. The van der Waals surface area contributed by atoms with Crippen molar-refractivity contribution in [2.45, 2.75) is 19.8 Å². The number of thiazole rings is 1. The number of non-ortho nitro benzene ring substituents is 1. The van der Waals surface area contributed by atoms with Gasteiger partial charge >= 0.3 is 0 Å². The number of halogens is 1. The van der Waals surface area contributed by atoms with Gasteiger partial charge in [-0.25, -0.2) is 4.98 Å². The number of anilines is 2. The third-order valence-corrected chi connectivity index (χ3v) is 5.04. The van der Waals surface area contributed by atoms with E-state index in [1.54, 1.807) is 18.2 Å². The number of nitrogens with one attached hydrogen (secondary N) is 2. The Labute approximate surface area is 168 Å². The molecular weight excluding hydrogens is 404 g/mol. The van der Waals surface area contributed by atoms with Crippen LogP contribution in [-0.2, 0) is 4.79 Å². The van der Waals surface area contributed by atoms with Crippen LogP contribution in [0.15, 0.2) is 36.4 Å². The zero-order chi connectivity index (χ0) is 20.3. The molecule has 0 saturated heterocycles. The lowest BCUT2D eigenvalue weighted by atomic mass is 10.2. The van der Waals surface area contributed by atoms with Crippen LogP contribution in [0.25, 0.3) is 10.2 Å². The van der Waals surface area contributed by atoms with Crippen molar-refractivity contribution in [3.8, 4) is 0 Å². The summed E-state index contributed by atoms with van der Waals surface area (Å²) in [6, 6.07) is 8.76. The number of aromatic nitrogens is 1.